The molecule has 0 aromatic carbocycles. The molecule has 1 unspecified atom stereocenters. The number of nitrogens with one attached hydrogen (secondary N) is 1. The van der Waals surface area contributed by atoms with Crippen LogP contribution >= 0.6 is 0 Å². The van der Waals surface area contributed by atoms with E-state index in [4.69, 9.17) is 4.74 Å². The Bertz CT molecular complexity index is 435. The fraction of sp³-hybridized carbons (Fsp3) is 0.824. The van der Waals surface area contributed by atoms with Crippen LogP contribution in [0.4, 0.5) is 0 Å². The first-order chi connectivity index (χ1) is 10.2. The van der Waals surface area contributed by atoms with Crippen molar-refractivity contribution in [2.45, 2.75) is 77.0 Å². The van der Waals surface area contributed by atoms with E-state index in [2.05, 4.69) is 42.1 Å². The van der Waals surface area contributed by atoms with E-state index in [9.17, 15) is 0 Å². The molecule has 1 aliphatic rings. The van der Waals surface area contributed by atoms with Gasteiger partial charge < -0.3 is 10.1 Å². The van der Waals surface area contributed by atoms with Crippen molar-refractivity contribution in [3.05, 3.63) is 17.5 Å². The number of likely N-dealkylation sites (N-methyl/N-ethyl adjacent to an activating group) is 1. The van der Waals surface area contributed by atoms with Gasteiger partial charge in [-0.25, -0.2) is 0 Å². The van der Waals surface area contributed by atoms with Gasteiger partial charge >= 0.3 is 0 Å². The van der Waals surface area contributed by atoms with Crippen LogP contribution in [0.1, 0.15) is 57.3 Å². The van der Waals surface area contributed by atoms with Crippen LogP contribution in [0.15, 0.2) is 6.07 Å². The molecule has 0 saturated heterocycles. The summed E-state index contributed by atoms with van der Waals surface area (Å²) < 4.78 is 8.17. The number of aryl methyl sites for hydroxylation is 2. The van der Waals surface area contributed by atoms with Crippen molar-refractivity contribution in [2.24, 2.45) is 0 Å². The fourth-order valence-corrected chi connectivity index (χ4v) is 3.73. The lowest BCUT2D eigenvalue weighted by Gasteiger charge is -2.42. The molecule has 0 radical (unpaired) electrons. The highest BCUT2D eigenvalue weighted by atomic mass is 16.5. The van der Waals surface area contributed by atoms with Crippen LogP contribution in [-0.4, -0.2) is 35.6 Å². The summed E-state index contributed by atoms with van der Waals surface area (Å²) in [7, 11) is 3.94. The Morgan fingerprint density at radius 1 is 1.33 bits per heavy atom. The van der Waals surface area contributed by atoms with Gasteiger partial charge in [-0.1, -0.05) is 26.2 Å². The van der Waals surface area contributed by atoms with E-state index in [1.807, 2.05) is 7.11 Å². The highest BCUT2D eigenvalue weighted by Crippen LogP contribution is 2.35. The van der Waals surface area contributed by atoms with Crippen LogP contribution in [0.25, 0.3) is 0 Å². The second-order valence-electron chi connectivity index (χ2n) is 6.17. The zero-order valence-electron chi connectivity index (χ0n) is 14.1. The summed E-state index contributed by atoms with van der Waals surface area (Å²) in [4.78, 5) is 0. The van der Waals surface area contributed by atoms with Crippen LogP contribution < -0.4 is 5.32 Å². The van der Waals surface area contributed by atoms with E-state index in [-0.39, 0.29) is 5.60 Å². The third-order valence-electron chi connectivity index (χ3n) is 5.08. The SMILES string of the molecule is CCc1cc(CC(NC)C2(OC)CCCCC2)n(CC)n1. The van der Waals surface area contributed by atoms with Gasteiger partial charge in [0.1, 0.15) is 0 Å². The summed E-state index contributed by atoms with van der Waals surface area (Å²) in [5.41, 5.74) is 2.51. The molecule has 4 heteroatoms. The fourth-order valence-electron chi connectivity index (χ4n) is 3.73. The van der Waals surface area contributed by atoms with Gasteiger partial charge in [0.15, 0.2) is 0 Å². The van der Waals surface area contributed by atoms with E-state index in [1.165, 1.54) is 30.7 Å². The minimum absolute atomic E-state index is 0.0117. The molecule has 1 N–H and O–H groups in total. The van der Waals surface area contributed by atoms with Crippen molar-refractivity contribution in [3.8, 4) is 0 Å². The average Bonchev–Trinajstić information content (AvgIpc) is 2.95. The van der Waals surface area contributed by atoms with Crippen molar-refractivity contribution >= 4 is 0 Å². The number of rotatable bonds is 7. The van der Waals surface area contributed by atoms with Crippen molar-refractivity contribution in [1.29, 1.82) is 0 Å². The molecule has 0 bridgehead atoms. The summed E-state index contributed by atoms with van der Waals surface area (Å²) in [5, 5.41) is 8.20. The predicted molar refractivity (Wildman–Crippen MR) is 86.7 cm³/mol. The van der Waals surface area contributed by atoms with E-state index < -0.39 is 0 Å². The molecule has 1 heterocycles. The second-order valence-corrected chi connectivity index (χ2v) is 6.17. The topological polar surface area (TPSA) is 39.1 Å². The molecule has 2 rings (SSSR count). The normalized spacial score (nSPS) is 19.6. The zero-order chi connectivity index (χ0) is 15.3. The highest BCUT2D eigenvalue weighted by Gasteiger charge is 2.39. The van der Waals surface area contributed by atoms with Crippen molar-refractivity contribution in [3.63, 3.8) is 0 Å². The number of methoxy groups -OCH3 is 1. The van der Waals surface area contributed by atoms with Gasteiger partial charge in [0, 0.05) is 31.8 Å². The predicted octanol–water partition coefficient (Wildman–Crippen LogP) is 2.95. The Balaban J connectivity index is 2.19. The lowest BCUT2D eigenvalue weighted by molar-refractivity contribution is -0.0660. The van der Waals surface area contributed by atoms with Crippen LogP contribution in [0.3, 0.4) is 0 Å². The third kappa shape index (κ3) is 3.49. The molecule has 1 aromatic rings. The van der Waals surface area contributed by atoms with E-state index in [0.29, 0.717) is 6.04 Å². The molecule has 0 spiro atoms. The van der Waals surface area contributed by atoms with Crippen molar-refractivity contribution in [2.75, 3.05) is 14.2 Å². The highest BCUT2D eigenvalue weighted by molar-refractivity contribution is 5.14. The Kier molecular flexibility index (Phi) is 5.82. The second kappa shape index (κ2) is 7.41. The van der Waals surface area contributed by atoms with Crippen molar-refractivity contribution in [1.82, 2.24) is 15.1 Å². The molecule has 0 aliphatic heterocycles. The maximum absolute atomic E-state index is 6.02. The van der Waals surface area contributed by atoms with Gasteiger partial charge in [-0.15, -0.1) is 0 Å². The molecule has 1 saturated carbocycles. The summed E-state index contributed by atoms with van der Waals surface area (Å²) in [5.74, 6) is 0. The lowest BCUT2D eigenvalue weighted by atomic mass is 9.77. The monoisotopic (exact) mass is 293 g/mol. The van der Waals surface area contributed by atoms with Gasteiger partial charge in [0.2, 0.25) is 0 Å². The summed E-state index contributed by atoms with van der Waals surface area (Å²) in [6, 6.07) is 2.62. The minimum Gasteiger partial charge on any atom is -0.377 e. The number of hydrogen-bond acceptors (Lipinski definition) is 3. The molecule has 21 heavy (non-hydrogen) atoms. The molecule has 1 atom stereocenters. The number of nitrogens with zero attached hydrogens (tertiary/aromatic N) is 2. The first kappa shape index (κ1) is 16.5. The summed E-state index contributed by atoms with van der Waals surface area (Å²) in [6.07, 6.45) is 8.21. The van der Waals surface area contributed by atoms with E-state index in [1.54, 1.807) is 0 Å². The summed E-state index contributed by atoms with van der Waals surface area (Å²) >= 11 is 0. The maximum Gasteiger partial charge on any atom is 0.0834 e. The van der Waals surface area contributed by atoms with Gasteiger partial charge in [-0.2, -0.15) is 5.10 Å². The maximum atomic E-state index is 6.02. The lowest BCUT2D eigenvalue weighted by Crippen LogP contribution is -2.53. The summed E-state index contributed by atoms with van der Waals surface area (Å²) in [6.45, 7) is 5.27. The standard InChI is InChI=1S/C17H31N3O/c1-5-14-12-15(20(6-2)19-14)13-16(18-3)17(21-4)10-8-7-9-11-17/h12,16,18H,5-11,13H2,1-4H3. The Morgan fingerprint density at radius 2 is 2.05 bits per heavy atom. The molecule has 0 amide bonds. The first-order valence-corrected chi connectivity index (χ1v) is 8.47. The smallest absolute Gasteiger partial charge is 0.0834 e. The number of ether oxygens (including phenoxy) is 1. The van der Waals surface area contributed by atoms with E-state index in [0.717, 1.165) is 32.2 Å². The molecular weight excluding hydrogens is 262 g/mol. The quantitative estimate of drug-likeness (QED) is 0.840. The van der Waals surface area contributed by atoms with Crippen LogP contribution in [0.5, 0.6) is 0 Å². The van der Waals surface area contributed by atoms with Crippen LogP contribution in [0, 0.1) is 0 Å². The number of hydrogen-bond donors (Lipinski definition) is 1. The van der Waals surface area contributed by atoms with Gasteiger partial charge in [-0.05, 0) is 39.3 Å². The Morgan fingerprint density at radius 3 is 2.57 bits per heavy atom. The van der Waals surface area contributed by atoms with Crippen LogP contribution in [0.2, 0.25) is 0 Å². The molecule has 4 nitrogen and oxygen atoms in total. The largest absolute Gasteiger partial charge is 0.377 e. The Labute approximate surface area is 129 Å². The molecule has 1 aromatic heterocycles. The zero-order valence-corrected chi connectivity index (χ0v) is 14.1. The van der Waals surface area contributed by atoms with Gasteiger partial charge in [-0.3, -0.25) is 4.68 Å². The molecule has 120 valence electrons. The molecule has 1 fully saturated rings. The average molecular weight is 293 g/mol. The van der Waals surface area contributed by atoms with Crippen molar-refractivity contribution < 1.29 is 4.74 Å². The molecular formula is C17H31N3O. The van der Waals surface area contributed by atoms with Gasteiger partial charge in [0.05, 0.1) is 11.3 Å². The van der Waals surface area contributed by atoms with Crippen LogP contribution in [-0.2, 0) is 24.1 Å². The Hall–Kier alpha value is -0.870. The number of aromatic nitrogens is 2. The third-order valence-corrected chi connectivity index (χ3v) is 5.08. The first-order valence-electron chi connectivity index (χ1n) is 8.47. The van der Waals surface area contributed by atoms with Gasteiger partial charge in [0.25, 0.3) is 0 Å². The minimum atomic E-state index is -0.0117. The molecule has 1 aliphatic carbocycles. The van der Waals surface area contributed by atoms with E-state index >= 15 is 0 Å².